The summed E-state index contributed by atoms with van der Waals surface area (Å²) in [4.78, 5) is 26.7. The van der Waals surface area contributed by atoms with Crippen LogP contribution in [-0.4, -0.2) is 16.0 Å². The number of nitro groups is 1. The average Bonchev–Trinajstić information content (AvgIpc) is 2.91. The van der Waals surface area contributed by atoms with Crippen LogP contribution in [0.25, 0.3) is 6.08 Å². The molecule has 6 nitrogen and oxygen atoms in total. The van der Waals surface area contributed by atoms with Crippen LogP contribution >= 0.6 is 23.4 Å². The fraction of sp³-hybridized carbons (Fsp3) is 0. The van der Waals surface area contributed by atoms with Gasteiger partial charge in [-0.1, -0.05) is 23.7 Å². The fourth-order valence-electron chi connectivity index (χ4n) is 2.00. The number of nitro benzene ring substituents is 1. The monoisotopic (exact) mass is 377 g/mol. The SMILES string of the molecule is O=C1NC(=Nc2ccc([N+](=O)[O-])cc2Cl)S/C1=C/c1ccc(F)cc1. The Morgan fingerprint density at radius 1 is 1.24 bits per heavy atom. The number of nitrogens with zero attached hydrogens (tertiary/aromatic N) is 2. The minimum Gasteiger partial charge on any atom is -0.300 e. The highest BCUT2D eigenvalue weighted by atomic mass is 35.5. The van der Waals surface area contributed by atoms with Gasteiger partial charge in [-0.05, 0) is 41.6 Å². The molecular weight excluding hydrogens is 369 g/mol. The molecule has 0 radical (unpaired) electrons. The third-order valence-electron chi connectivity index (χ3n) is 3.18. The molecule has 0 spiro atoms. The Hall–Kier alpha value is -2.71. The van der Waals surface area contributed by atoms with Gasteiger partial charge in [-0.2, -0.15) is 0 Å². The van der Waals surface area contributed by atoms with Crippen molar-refractivity contribution in [1.29, 1.82) is 0 Å². The highest BCUT2D eigenvalue weighted by Gasteiger charge is 2.24. The molecule has 25 heavy (non-hydrogen) atoms. The summed E-state index contributed by atoms with van der Waals surface area (Å²) < 4.78 is 12.9. The van der Waals surface area contributed by atoms with Crippen LogP contribution in [-0.2, 0) is 4.79 Å². The molecule has 2 aromatic rings. The second-order valence-electron chi connectivity index (χ2n) is 4.93. The number of carbonyl (C=O) groups excluding carboxylic acids is 1. The predicted molar refractivity (Wildman–Crippen MR) is 95.3 cm³/mol. The molecule has 0 saturated carbocycles. The van der Waals surface area contributed by atoms with Crippen molar-refractivity contribution in [2.24, 2.45) is 4.99 Å². The van der Waals surface area contributed by atoms with Crippen molar-refractivity contribution in [3.63, 3.8) is 0 Å². The first-order valence-electron chi connectivity index (χ1n) is 6.91. The summed E-state index contributed by atoms with van der Waals surface area (Å²) in [6.45, 7) is 0. The van der Waals surface area contributed by atoms with E-state index in [0.717, 1.165) is 11.8 Å². The van der Waals surface area contributed by atoms with E-state index in [2.05, 4.69) is 10.3 Å². The number of hydrogen-bond donors (Lipinski definition) is 1. The molecular formula is C16H9ClFN3O3S. The van der Waals surface area contributed by atoms with Gasteiger partial charge in [0.2, 0.25) is 0 Å². The first kappa shape index (κ1) is 17.1. The smallest absolute Gasteiger partial charge is 0.271 e. The molecule has 1 N–H and O–H groups in total. The third-order valence-corrected chi connectivity index (χ3v) is 4.40. The van der Waals surface area contributed by atoms with Crippen LogP contribution in [0.5, 0.6) is 0 Å². The number of hydrogen-bond acceptors (Lipinski definition) is 5. The zero-order chi connectivity index (χ0) is 18.0. The standard InChI is InChI=1S/C16H9ClFN3O3S/c17-12-8-11(21(23)24)5-6-13(12)19-16-20-15(22)14(25-16)7-9-1-3-10(18)4-2-9/h1-8H,(H,19,20,22)/b14-7+. The lowest BCUT2D eigenvalue weighted by molar-refractivity contribution is -0.384. The predicted octanol–water partition coefficient (Wildman–Crippen LogP) is 4.28. The van der Waals surface area contributed by atoms with E-state index in [0.29, 0.717) is 21.3 Å². The van der Waals surface area contributed by atoms with Crippen molar-refractivity contribution in [2.75, 3.05) is 0 Å². The minimum atomic E-state index is -0.557. The molecule has 0 atom stereocenters. The maximum Gasteiger partial charge on any atom is 0.271 e. The van der Waals surface area contributed by atoms with Gasteiger partial charge in [-0.25, -0.2) is 9.38 Å². The molecule has 0 aromatic heterocycles. The summed E-state index contributed by atoms with van der Waals surface area (Å²) in [5, 5.41) is 13.7. The third kappa shape index (κ3) is 4.04. The molecule has 1 fully saturated rings. The number of amidine groups is 1. The Kier molecular flexibility index (Phi) is 4.82. The molecule has 1 aliphatic rings. The van der Waals surface area contributed by atoms with Crippen LogP contribution in [0, 0.1) is 15.9 Å². The Balaban J connectivity index is 1.83. The van der Waals surface area contributed by atoms with Crippen LogP contribution in [0.2, 0.25) is 5.02 Å². The number of non-ortho nitro benzene ring substituents is 1. The van der Waals surface area contributed by atoms with E-state index >= 15 is 0 Å². The summed E-state index contributed by atoms with van der Waals surface area (Å²) in [6.07, 6.45) is 1.61. The highest BCUT2D eigenvalue weighted by Crippen LogP contribution is 2.32. The second-order valence-corrected chi connectivity index (χ2v) is 6.36. The summed E-state index contributed by atoms with van der Waals surface area (Å²) in [6, 6.07) is 9.59. The van der Waals surface area contributed by atoms with E-state index in [-0.39, 0.29) is 22.4 Å². The van der Waals surface area contributed by atoms with Crippen molar-refractivity contribution < 1.29 is 14.1 Å². The molecule has 126 valence electrons. The number of amides is 1. The van der Waals surface area contributed by atoms with Crippen molar-refractivity contribution >= 4 is 51.9 Å². The van der Waals surface area contributed by atoms with Crippen molar-refractivity contribution in [3.8, 4) is 0 Å². The number of benzene rings is 2. The van der Waals surface area contributed by atoms with E-state index in [1.54, 1.807) is 18.2 Å². The largest absolute Gasteiger partial charge is 0.300 e. The number of aliphatic imine (C=N–C) groups is 1. The molecule has 9 heteroatoms. The van der Waals surface area contributed by atoms with Crippen LogP contribution in [0.15, 0.2) is 52.4 Å². The van der Waals surface area contributed by atoms with E-state index < -0.39 is 4.92 Å². The topological polar surface area (TPSA) is 84.6 Å². The Morgan fingerprint density at radius 2 is 1.96 bits per heavy atom. The summed E-state index contributed by atoms with van der Waals surface area (Å²) in [5.41, 5.74) is 0.834. The van der Waals surface area contributed by atoms with Crippen molar-refractivity contribution in [1.82, 2.24) is 5.32 Å². The summed E-state index contributed by atoms with van der Waals surface area (Å²) in [7, 11) is 0. The molecule has 1 aliphatic heterocycles. The van der Waals surface area contributed by atoms with Gasteiger partial charge in [0.1, 0.15) is 5.82 Å². The number of halogens is 2. The van der Waals surface area contributed by atoms with Crippen LogP contribution < -0.4 is 5.32 Å². The van der Waals surface area contributed by atoms with E-state index in [1.807, 2.05) is 0 Å². The summed E-state index contributed by atoms with van der Waals surface area (Å²) >= 11 is 7.08. The minimum absolute atomic E-state index is 0.104. The zero-order valence-corrected chi connectivity index (χ0v) is 14.0. The quantitative estimate of drug-likeness (QED) is 0.491. The first-order chi connectivity index (χ1) is 11.9. The maximum atomic E-state index is 12.9. The van der Waals surface area contributed by atoms with Crippen LogP contribution in [0.4, 0.5) is 15.8 Å². The van der Waals surface area contributed by atoms with Gasteiger partial charge in [0.15, 0.2) is 5.17 Å². The average molecular weight is 378 g/mol. The normalized spacial score (nSPS) is 17.1. The van der Waals surface area contributed by atoms with Gasteiger partial charge in [-0.3, -0.25) is 14.9 Å². The molecule has 0 bridgehead atoms. The molecule has 1 saturated heterocycles. The Labute approximate surface area is 150 Å². The Bertz CT molecular complexity index is 929. The maximum absolute atomic E-state index is 12.9. The fourth-order valence-corrected chi connectivity index (χ4v) is 3.05. The molecule has 1 amide bonds. The number of nitrogens with one attached hydrogen (secondary N) is 1. The highest BCUT2D eigenvalue weighted by molar-refractivity contribution is 8.18. The van der Waals surface area contributed by atoms with E-state index in [9.17, 15) is 19.3 Å². The van der Waals surface area contributed by atoms with Gasteiger partial charge in [0.25, 0.3) is 11.6 Å². The number of carbonyl (C=O) groups is 1. The molecule has 3 rings (SSSR count). The van der Waals surface area contributed by atoms with Gasteiger partial charge in [0.05, 0.1) is 20.5 Å². The first-order valence-corrected chi connectivity index (χ1v) is 8.11. The van der Waals surface area contributed by atoms with Gasteiger partial charge >= 0.3 is 0 Å². The molecule has 0 aliphatic carbocycles. The van der Waals surface area contributed by atoms with Gasteiger partial charge < -0.3 is 5.32 Å². The van der Waals surface area contributed by atoms with Crippen LogP contribution in [0.1, 0.15) is 5.56 Å². The summed E-state index contributed by atoms with van der Waals surface area (Å²) in [5.74, 6) is -0.702. The van der Waals surface area contributed by atoms with Gasteiger partial charge in [0, 0.05) is 12.1 Å². The lowest BCUT2D eigenvalue weighted by atomic mass is 10.2. The Morgan fingerprint density at radius 3 is 2.60 bits per heavy atom. The lowest BCUT2D eigenvalue weighted by Gasteiger charge is -1.99. The molecule has 2 aromatic carbocycles. The number of thioether (sulfide) groups is 1. The van der Waals surface area contributed by atoms with Crippen LogP contribution in [0.3, 0.4) is 0 Å². The van der Waals surface area contributed by atoms with Crippen molar-refractivity contribution in [3.05, 3.63) is 73.9 Å². The lowest BCUT2D eigenvalue weighted by Crippen LogP contribution is -2.19. The number of rotatable bonds is 3. The molecule has 1 heterocycles. The van der Waals surface area contributed by atoms with E-state index in [4.69, 9.17) is 11.6 Å². The van der Waals surface area contributed by atoms with Crippen molar-refractivity contribution in [2.45, 2.75) is 0 Å². The second kappa shape index (κ2) is 7.04. The zero-order valence-electron chi connectivity index (χ0n) is 12.4. The molecule has 0 unspecified atom stereocenters. The van der Waals surface area contributed by atoms with E-state index in [1.165, 1.54) is 30.3 Å². The van der Waals surface area contributed by atoms with Gasteiger partial charge in [-0.15, -0.1) is 0 Å².